The number of likely N-dealkylation sites (tertiary alicyclic amines) is 2. The van der Waals surface area contributed by atoms with E-state index in [1.807, 2.05) is 17.0 Å². The Labute approximate surface area is 257 Å². The van der Waals surface area contributed by atoms with Crippen molar-refractivity contribution >= 4 is 17.0 Å². The molecule has 44 heavy (non-hydrogen) atoms. The van der Waals surface area contributed by atoms with Gasteiger partial charge in [-0.3, -0.25) is 4.79 Å². The van der Waals surface area contributed by atoms with E-state index in [1.165, 1.54) is 38.8 Å². The van der Waals surface area contributed by atoms with Gasteiger partial charge in [0.2, 0.25) is 0 Å². The van der Waals surface area contributed by atoms with Crippen molar-refractivity contribution < 1.29 is 24.5 Å². The largest absolute Gasteiger partial charge is 0.415 e. The number of rotatable bonds is 4. The van der Waals surface area contributed by atoms with Gasteiger partial charge < -0.3 is 34.1 Å². The van der Waals surface area contributed by atoms with Gasteiger partial charge in [-0.2, -0.15) is 0 Å². The molecule has 2 fully saturated rings. The number of fused-ring (bicyclic) bond motifs is 5. The molecule has 0 aliphatic carbocycles. The summed E-state index contributed by atoms with van der Waals surface area (Å²) in [5.74, 6) is 0.482. The van der Waals surface area contributed by atoms with Gasteiger partial charge in [-0.05, 0) is 81.4 Å². The molecule has 0 radical (unpaired) electrons. The van der Waals surface area contributed by atoms with Gasteiger partial charge >= 0.3 is 6.09 Å². The fourth-order valence-corrected chi connectivity index (χ4v) is 7.76. The monoisotopic (exact) mass is 602 g/mol. The molecule has 2 atom stereocenters. The van der Waals surface area contributed by atoms with E-state index in [-0.39, 0.29) is 24.7 Å². The number of carbonyl (C=O) groups is 1. The molecule has 0 saturated carbocycles. The number of amides is 1. The number of carbonyl (C=O) groups excluding carboxylic acids is 1. The second kappa shape index (κ2) is 11.6. The Morgan fingerprint density at radius 3 is 2.52 bits per heavy atom. The van der Waals surface area contributed by atoms with Crippen LogP contribution in [0.25, 0.3) is 22.3 Å². The van der Waals surface area contributed by atoms with Crippen LogP contribution in [0, 0.1) is 0 Å². The van der Waals surface area contributed by atoms with Crippen LogP contribution >= 0.6 is 0 Å². The molecule has 4 aliphatic rings. The van der Waals surface area contributed by atoms with Crippen LogP contribution in [-0.2, 0) is 29.9 Å². The van der Waals surface area contributed by atoms with Crippen molar-refractivity contribution in [3.05, 3.63) is 56.9 Å². The van der Waals surface area contributed by atoms with Gasteiger partial charge in [-0.15, -0.1) is 0 Å². The maximum Gasteiger partial charge on any atom is 0.415 e. The molecule has 3 aromatic rings. The van der Waals surface area contributed by atoms with Crippen LogP contribution in [-0.4, -0.2) is 74.2 Å². The lowest BCUT2D eigenvalue weighted by atomic mass is 9.85. The second-order valence-corrected chi connectivity index (χ2v) is 12.7. The van der Waals surface area contributed by atoms with Gasteiger partial charge in [0.15, 0.2) is 6.29 Å². The molecule has 2 aromatic heterocycles. The number of aliphatic hydroxyl groups excluding tert-OH is 1. The number of pyridine rings is 2. The molecule has 2 N–H and O–H groups in total. The summed E-state index contributed by atoms with van der Waals surface area (Å²) in [6.45, 7) is 7.86. The number of aryl methyl sites for hydroxylation is 1. The first kappa shape index (κ1) is 29.4. The van der Waals surface area contributed by atoms with Crippen molar-refractivity contribution in [3.8, 4) is 17.1 Å². The van der Waals surface area contributed by atoms with Crippen LogP contribution < -0.4 is 10.3 Å². The zero-order chi connectivity index (χ0) is 30.6. The fraction of sp³-hybridized carbons (Fsp3) is 0.559. The van der Waals surface area contributed by atoms with E-state index in [0.717, 1.165) is 34.9 Å². The van der Waals surface area contributed by atoms with Gasteiger partial charge in [0.05, 0.1) is 30.1 Å². The highest BCUT2D eigenvalue weighted by Crippen LogP contribution is 2.41. The first-order chi connectivity index (χ1) is 21.3. The number of piperidine rings is 1. The Bertz CT molecular complexity index is 1650. The van der Waals surface area contributed by atoms with Crippen LogP contribution in [0.1, 0.15) is 81.0 Å². The van der Waals surface area contributed by atoms with Crippen molar-refractivity contribution in [1.82, 2.24) is 19.4 Å². The summed E-state index contributed by atoms with van der Waals surface area (Å²) in [5.41, 5.74) is 2.91. The van der Waals surface area contributed by atoms with Crippen molar-refractivity contribution in [2.75, 3.05) is 26.2 Å². The molecule has 6 heterocycles. The van der Waals surface area contributed by atoms with Gasteiger partial charge in [0, 0.05) is 41.2 Å². The Hall–Kier alpha value is -3.31. The maximum atomic E-state index is 13.6. The van der Waals surface area contributed by atoms with E-state index in [0.29, 0.717) is 60.4 Å². The van der Waals surface area contributed by atoms with Crippen LogP contribution in [0.2, 0.25) is 0 Å². The lowest BCUT2D eigenvalue weighted by molar-refractivity contribution is -0.236. The van der Waals surface area contributed by atoms with Crippen LogP contribution in [0.4, 0.5) is 4.79 Å². The van der Waals surface area contributed by atoms with Gasteiger partial charge in [-0.25, -0.2) is 9.78 Å². The first-order valence-electron chi connectivity index (χ1n) is 16.3. The normalized spacial score (nSPS) is 24.1. The van der Waals surface area contributed by atoms with Crippen molar-refractivity contribution in [3.63, 3.8) is 0 Å². The summed E-state index contributed by atoms with van der Waals surface area (Å²) in [5, 5.41) is 22.6. The summed E-state index contributed by atoms with van der Waals surface area (Å²) >= 11 is 0. The topological polar surface area (TPSA) is 117 Å². The highest BCUT2D eigenvalue weighted by molar-refractivity contribution is 5.89. The summed E-state index contributed by atoms with van der Waals surface area (Å²) in [4.78, 5) is 36.2. The van der Waals surface area contributed by atoms with Crippen LogP contribution in [0.15, 0.2) is 29.1 Å². The standard InChI is InChI=1S/C34H42N4O6/c1-3-23-24-17-22(44-33(41)37-15-11-21(12-16-37)36-13-7-5-6-8-14-36)9-10-28(24)35-30-25(23)19-38-29(30)18-27-26(31(38)39)20-43-32(40)34(27,42)4-2/h9-10,17-18,21,32,40,42H,3-8,11-16,19-20H2,1-2H3/t32?,34-/m0/s1. The third-order valence-corrected chi connectivity index (χ3v) is 10.4. The zero-order valence-electron chi connectivity index (χ0n) is 25.7. The highest BCUT2D eigenvalue weighted by Gasteiger charge is 2.44. The van der Waals surface area contributed by atoms with E-state index in [2.05, 4.69) is 11.8 Å². The minimum atomic E-state index is -1.67. The van der Waals surface area contributed by atoms with Crippen LogP contribution in [0.5, 0.6) is 5.75 Å². The lowest BCUT2D eigenvalue weighted by Gasteiger charge is -2.37. The molecule has 1 unspecified atom stereocenters. The van der Waals surface area contributed by atoms with Gasteiger partial charge in [-0.1, -0.05) is 26.7 Å². The predicted molar refractivity (Wildman–Crippen MR) is 166 cm³/mol. The second-order valence-electron chi connectivity index (χ2n) is 12.7. The Morgan fingerprint density at radius 1 is 1.07 bits per heavy atom. The number of nitrogens with zero attached hydrogens (tertiary/aromatic N) is 4. The number of benzene rings is 1. The number of aromatic nitrogens is 2. The van der Waals surface area contributed by atoms with Gasteiger partial charge in [0.1, 0.15) is 11.4 Å². The number of aliphatic hydroxyl groups is 2. The summed E-state index contributed by atoms with van der Waals surface area (Å²) in [6, 6.07) is 7.88. The molecule has 234 valence electrons. The van der Waals surface area contributed by atoms with E-state index < -0.39 is 11.9 Å². The fourth-order valence-electron chi connectivity index (χ4n) is 7.76. The third kappa shape index (κ3) is 4.83. The van der Waals surface area contributed by atoms with Crippen molar-refractivity contribution in [2.45, 2.75) is 96.3 Å². The number of ether oxygens (including phenoxy) is 2. The lowest BCUT2D eigenvalue weighted by Crippen LogP contribution is -2.47. The number of hydrogen-bond acceptors (Lipinski definition) is 8. The predicted octanol–water partition coefficient (Wildman–Crippen LogP) is 4.27. The van der Waals surface area contributed by atoms with Crippen molar-refractivity contribution in [1.29, 1.82) is 0 Å². The Kier molecular flexibility index (Phi) is 7.73. The minimum absolute atomic E-state index is 0.0606. The van der Waals surface area contributed by atoms with E-state index in [9.17, 15) is 19.8 Å². The third-order valence-electron chi connectivity index (χ3n) is 10.4. The Morgan fingerprint density at radius 2 is 1.82 bits per heavy atom. The van der Waals surface area contributed by atoms with Gasteiger partial charge in [0.25, 0.3) is 5.56 Å². The quantitative estimate of drug-likeness (QED) is 0.356. The smallest absolute Gasteiger partial charge is 0.410 e. The zero-order valence-corrected chi connectivity index (χ0v) is 25.7. The summed E-state index contributed by atoms with van der Waals surface area (Å²) in [6.07, 6.45) is 6.31. The molecule has 2 saturated heterocycles. The highest BCUT2D eigenvalue weighted by atomic mass is 16.6. The number of hydrogen-bond donors (Lipinski definition) is 2. The summed E-state index contributed by atoms with van der Waals surface area (Å²) < 4.78 is 13.0. The first-order valence-corrected chi connectivity index (χ1v) is 16.3. The van der Waals surface area contributed by atoms with E-state index >= 15 is 0 Å². The molecule has 7 rings (SSSR count). The molecule has 0 spiro atoms. The minimum Gasteiger partial charge on any atom is -0.410 e. The molecule has 4 aliphatic heterocycles. The molecule has 10 heteroatoms. The average Bonchev–Trinajstić information content (AvgIpc) is 3.20. The molecule has 10 nitrogen and oxygen atoms in total. The molecular weight excluding hydrogens is 560 g/mol. The van der Waals surface area contributed by atoms with E-state index in [4.69, 9.17) is 14.5 Å². The summed E-state index contributed by atoms with van der Waals surface area (Å²) in [7, 11) is 0. The van der Waals surface area contributed by atoms with Crippen molar-refractivity contribution in [2.24, 2.45) is 0 Å². The molecule has 1 aromatic carbocycles. The van der Waals surface area contributed by atoms with Crippen LogP contribution in [0.3, 0.4) is 0 Å². The van der Waals surface area contributed by atoms with E-state index in [1.54, 1.807) is 23.6 Å². The average molecular weight is 603 g/mol. The maximum absolute atomic E-state index is 13.6. The SMILES string of the molecule is CCc1c2c(nc3ccc(OC(=O)N4CCC(N5CCCCCC5)CC4)cc13)-c1cc3c(c(=O)n1C2)COC(O)[C@]3(O)CC. The molecule has 1 amide bonds. The molecule has 0 bridgehead atoms. The Balaban J connectivity index is 1.14. The molecular formula is C34H42N4O6.